The summed E-state index contributed by atoms with van der Waals surface area (Å²) >= 11 is 0. The minimum absolute atomic E-state index is 0.157. The Morgan fingerprint density at radius 1 is 1.06 bits per heavy atom. The van der Waals surface area contributed by atoms with Gasteiger partial charge < -0.3 is 10.1 Å². The van der Waals surface area contributed by atoms with Crippen LogP contribution in [-0.4, -0.2) is 25.0 Å². The summed E-state index contributed by atoms with van der Waals surface area (Å²) in [4.78, 5) is 29.9. The highest BCUT2D eigenvalue weighted by Gasteiger charge is 2.21. The van der Waals surface area contributed by atoms with Crippen molar-refractivity contribution in [3.63, 3.8) is 0 Å². The van der Waals surface area contributed by atoms with Crippen molar-refractivity contribution in [1.29, 1.82) is 0 Å². The van der Waals surface area contributed by atoms with Crippen LogP contribution in [0.5, 0.6) is 5.75 Å². The van der Waals surface area contributed by atoms with Crippen LogP contribution in [0.2, 0.25) is 0 Å². The Balaban J connectivity index is 1.54. The molecule has 0 fully saturated rings. The molecule has 5 nitrogen and oxygen atoms in total. The van der Waals surface area contributed by atoms with Gasteiger partial charge in [-0.05, 0) is 55.2 Å². The first kappa shape index (κ1) is 20.8. The second-order valence-electron chi connectivity index (χ2n) is 7.82. The van der Waals surface area contributed by atoms with Gasteiger partial charge in [0, 0.05) is 11.8 Å². The molecule has 1 aliphatic heterocycles. The number of nitrogens with one attached hydrogen (secondary N) is 1. The number of carbonyl (C=O) groups is 2. The van der Waals surface area contributed by atoms with Crippen LogP contribution in [0.3, 0.4) is 0 Å². The molecule has 0 bridgehead atoms. The molecule has 4 rings (SSSR count). The Kier molecular flexibility index (Phi) is 5.85. The van der Waals surface area contributed by atoms with E-state index in [0.717, 1.165) is 32.5 Å². The molecule has 0 saturated carbocycles. The predicted octanol–water partition coefficient (Wildman–Crippen LogP) is 3.23. The molecule has 0 aromatic heterocycles. The van der Waals surface area contributed by atoms with E-state index in [1.807, 2.05) is 75.4 Å². The Hall–Kier alpha value is -3.47. The number of carbonyl (C=O) groups excluding carboxylic acids is 2. The van der Waals surface area contributed by atoms with Gasteiger partial charge in [0.1, 0.15) is 5.75 Å². The molecule has 0 aliphatic carbocycles. The Morgan fingerprint density at radius 3 is 2.65 bits per heavy atom. The van der Waals surface area contributed by atoms with E-state index in [4.69, 9.17) is 4.74 Å². The summed E-state index contributed by atoms with van der Waals surface area (Å²) in [6.45, 7) is 6.73. The fraction of sp³-hybridized carbons (Fsp3) is 0.269. The van der Waals surface area contributed by atoms with Crippen LogP contribution in [0.25, 0.3) is 16.8 Å². The maximum atomic E-state index is 13.1. The molecular formula is C26H26N2O3. The van der Waals surface area contributed by atoms with Crippen molar-refractivity contribution in [3.05, 3.63) is 75.8 Å². The first-order chi connectivity index (χ1) is 15.0. The maximum Gasteiger partial charge on any atom is 0.255 e. The van der Waals surface area contributed by atoms with Gasteiger partial charge in [-0.1, -0.05) is 48.5 Å². The summed E-state index contributed by atoms with van der Waals surface area (Å²) in [5.74, 6) is -0.135. The molecule has 31 heavy (non-hydrogen) atoms. The molecule has 0 radical (unpaired) electrons. The maximum absolute atomic E-state index is 13.1. The van der Waals surface area contributed by atoms with Crippen LogP contribution in [0, 0.1) is 19.8 Å². The fourth-order valence-electron chi connectivity index (χ4n) is 4.04. The molecule has 158 valence electrons. The summed E-state index contributed by atoms with van der Waals surface area (Å²) in [5, 5.41) is 6.59. The number of rotatable bonds is 6. The second kappa shape index (κ2) is 8.72. The van der Waals surface area contributed by atoms with E-state index >= 15 is 0 Å². The van der Waals surface area contributed by atoms with Gasteiger partial charge in [-0.15, -0.1) is 0 Å². The largest absolute Gasteiger partial charge is 0.493 e. The van der Waals surface area contributed by atoms with E-state index in [1.54, 1.807) is 0 Å². The van der Waals surface area contributed by atoms with Crippen LogP contribution >= 0.6 is 0 Å². The first-order valence-corrected chi connectivity index (χ1v) is 10.6. The number of benzene rings is 3. The number of nitrogens with zero attached hydrogens (tertiary/aromatic N) is 1. The van der Waals surface area contributed by atoms with E-state index in [-0.39, 0.29) is 17.7 Å². The van der Waals surface area contributed by atoms with Crippen LogP contribution in [0.15, 0.2) is 53.5 Å². The fourth-order valence-corrected chi connectivity index (χ4v) is 4.04. The van der Waals surface area contributed by atoms with Gasteiger partial charge >= 0.3 is 0 Å². The van der Waals surface area contributed by atoms with E-state index in [1.165, 1.54) is 0 Å². The van der Waals surface area contributed by atoms with Gasteiger partial charge in [0.25, 0.3) is 11.8 Å². The molecule has 1 aliphatic rings. The number of fused-ring (bicyclic) bond motifs is 2. The number of aryl methyl sites for hydroxylation is 2. The Labute approximate surface area is 181 Å². The van der Waals surface area contributed by atoms with Crippen LogP contribution in [-0.2, 0) is 4.79 Å². The van der Waals surface area contributed by atoms with Gasteiger partial charge in [-0.2, -0.15) is 0 Å². The van der Waals surface area contributed by atoms with Crippen molar-refractivity contribution >= 4 is 28.7 Å². The van der Waals surface area contributed by atoms with Gasteiger partial charge in [0.15, 0.2) is 0 Å². The topological polar surface area (TPSA) is 67.8 Å². The SMILES string of the molecule is CCOc1ccc2ccccc2c1C(=O)NCCC1C=c2c(C)ccc(C)c2=NC1=O. The summed E-state index contributed by atoms with van der Waals surface area (Å²) in [5.41, 5.74) is 2.62. The van der Waals surface area contributed by atoms with E-state index in [2.05, 4.69) is 10.3 Å². The normalized spacial score (nSPS) is 15.1. The second-order valence-corrected chi connectivity index (χ2v) is 7.82. The third-order valence-corrected chi connectivity index (χ3v) is 5.70. The highest BCUT2D eigenvalue weighted by atomic mass is 16.5. The van der Waals surface area contributed by atoms with E-state index in [9.17, 15) is 9.59 Å². The molecule has 3 aromatic rings. The molecule has 0 saturated heterocycles. The molecule has 1 atom stereocenters. The minimum atomic E-state index is -0.341. The zero-order chi connectivity index (χ0) is 22.0. The molecule has 0 spiro atoms. The van der Waals surface area contributed by atoms with Gasteiger partial charge in [0.05, 0.1) is 23.4 Å². The van der Waals surface area contributed by atoms with Crippen molar-refractivity contribution < 1.29 is 14.3 Å². The van der Waals surface area contributed by atoms with Crippen molar-refractivity contribution in [2.24, 2.45) is 10.9 Å². The van der Waals surface area contributed by atoms with Gasteiger partial charge in [-0.25, -0.2) is 4.99 Å². The summed E-state index contributed by atoms with van der Waals surface area (Å²) in [7, 11) is 0. The van der Waals surface area contributed by atoms with Crippen LogP contribution in [0.1, 0.15) is 34.8 Å². The average Bonchev–Trinajstić information content (AvgIpc) is 2.77. The number of amides is 2. The molecule has 1 heterocycles. The lowest BCUT2D eigenvalue weighted by molar-refractivity contribution is -0.120. The smallest absolute Gasteiger partial charge is 0.255 e. The number of hydrogen-bond donors (Lipinski definition) is 1. The lowest BCUT2D eigenvalue weighted by atomic mass is 9.97. The van der Waals surface area contributed by atoms with E-state index in [0.29, 0.717) is 30.9 Å². The van der Waals surface area contributed by atoms with Crippen molar-refractivity contribution in [1.82, 2.24) is 5.32 Å². The summed E-state index contributed by atoms with van der Waals surface area (Å²) in [6.07, 6.45) is 2.48. The molecule has 2 amide bonds. The van der Waals surface area contributed by atoms with Gasteiger partial charge in [0.2, 0.25) is 0 Å². The third kappa shape index (κ3) is 4.08. The number of ether oxygens (including phenoxy) is 1. The lowest BCUT2D eigenvalue weighted by Gasteiger charge is -2.16. The minimum Gasteiger partial charge on any atom is -0.493 e. The third-order valence-electron chi connectivity index (χ3n) is 5.70. The van der Waals surface area contributed by atoms with Crippen LogP contribution < -0.4 is 20.6 Å². The zero-order valence-corrected chi connectivity index (χ0v) is 18.1. The Morgan fingerprint density at radius 2 is 1.84 bits per heavy atom. The van der Waals surface area contributed by atoms with Crippen molar-refractivity contribution in [3.8, 4) is 5.75 Å². The van der Waals surface area contributed by atoms with Crippen molar-refractivity contribution in [2.45, 2.75) is 27.2 Å². The summed E-state index contributed by atoms with van der Waals surface area (Å²) in [6, 6.07) is 15.6. The monoisotopic (exact) mass is 414 g/mol. The molecule has 3 aromatic carbocycles. The zero-order valence-electron chi connectivity index (χ0n) is 18.1. The molecule has 1 N–H and O–H groups in total. The standard InChI is InChI=1S/C26H26N2O3/c1-4-31-22-12-11-18-7-5-6-8-20(18)23(22)26(30)27-14-13-19-15-21-16(2)9-10-17(3)24(21)28-25(19)29/h5-12,15,19H,4,13-14H2,1-3H3,(H,27,30). The van der Waals surface area contributed by atoms with Gasteiger partial charge in [-0.3, -0.25) is 9.59 Å². The highest BCUT2D eigenvalue weighted by Crippen LogP contribution is 2.28. The quantitative estimate of drug-likeness (QED) is 0.673. The average molecular weight is 415 g/mol. The van der Waals surface area contributed by atoms with Crippen molar-refractivity contribution in [2.75, 3.05) is 13.2 Å². The lowest BCUT2D eigenvalue weighted by Crippen LogP contribution is -2.38. The molecular weight excluding hydrogens is 388 g/mol. The first-order valence-electron chi connectivity index (χ1n) is 10.6. The summed E-state index contributed by atoms with van der Waals surface area (Å²) < 4.78 is 5.71. The van der Waals surface area contributed by atoms with Crippen LogP contribution in [0.4, 0.5) is 0 Å². The predicted molar refractivity (Wildman–Crippen MR) is 122 cm³/mol. The molecule has 1 unspecified atom stereocenters. The highest BCUT2D eigenvalue weighted by molar-refractivity contribution is 6.09. The Bertz CT molecular complexity index is 1290. The number of hydrogen-bond acceptors (Lipinski definition) is 3. The molecule has 5 heteroatoms. The van der Waals surface area contributed by atoms with E-state index < -0.39 is 0 Å².